The van der Waals surface area contributed by atoms with Crippen molar-refractivity contribution in [2.24, 2.45) is 0 Å². The van der Waals surface area contributed by atoms with E-state index in [1.165, 1.54) is 174 Å². The van der Waals surface area contributed by atoms with Gasteiger partial charge in [-0.25, -0.2) is 36.5 Å². The Balaban J connectivity index is 0.655. The number of benzene rings is 17. The minimum atomic E-state index is 0.710. The Morgan fingerprint density at radius 1 is 0.194 bits per heavy atom. The Hall–Kier alpha value is -12.3. The van der Waals surface area contributed by atoms with E-state index in [0.29, 0.717) is 26.2 Å². The normalized spacial score (nSPS) is 12.4. The van der Waals surface area contributed by atoms with E-state index in [4.69, 9.17) is 0 Å². The molecule has 0 unspecified atom stereocenters. The molecule has 17 aromatic carbocycles. The minimum Gasteiger partial charge on any atom is -0.233 e. The van der Waals surface area contributed by atoms with Gasteiger partial charge in [-0.1, -0.05) is 218 Å². The van der Waals surface area contributed by atoms with Crippen LogP contribution in [0.1, 0.15) is 44.5 Å². The number of imidazole rings is 4. The van der Waals surface area contributed by atoms with E-state index in [2.05, 4.69) is 342 Å². The summed E-state index contributed by atoms with van der Waals surface area (Å²) in [4.78, 5) is 0. The first-order valence-electron chi connectivity index (χ1n) is 34.4. The van der Waals surface area contributed by atoms with Gasteiger partial charge in [0.25, 0.3) is 0 Å². The molecular weight excluding hydrogens is 1190 g/mol. The number of aromatic nitrogens is 8. The summed E-state index contributed by atoms with van der Waals surface area (Å²) < 4.78 is 19.0. The van der Waals surface area contributed by atoms with Crippen LogP contribution in [0.5, 0.6) is 0 Å². The van der Waals surface area contributed by atoms with E-state index in [9.17, 15) is 0 Å². The van der Waals surface area contributed by atoms with Crippen LogP contribution < -0.4 is 18.3 Å². The second-order valence-electron chi connectivity index (χ2n) is 27.7. The maximum Gasteiger partial charge on any atom is 0.244 e. The molecule has 462 valence electrons. The molecule has 0 saturated heterocycles. The topological polar surface area (TPSA) is 35.2 Å². The SMILES string of the molecule is c1cc2ccc3ccc(C[n+]4ccn(Cc5cc(Cn6cc[n+](Cc7ccc8ccc9cccc%10ccc7c8c9%10)c6)c(Cn6cc[n+](Cc7ccc8ccc9cccc%10ccc7c8c9%10)c6)cc5Cn5cc[n+](Cc6ccc7ccc8cccc9ccc6c7c89)c5)c4)c4ccc(c1)c2c34. The van der Waals surface area contributed by atoms with Crippen LogP contribution in [0.3, 0.4) is 0 Å². The molecule has 8 heteroatoms. The highest BCUT2D eigenvalue weighted by Crippen LogP contribution is 2.41. The van der Waals surface area contributed by atoms with Crippen molar-refractivity contribution in [2.45, 2.75) is 52.4 Å². The van der Waals surface area contributed by atoms with Crippen molar-refractivity contribution in [3.8, 4) is 0 Å². The van der Waals surface area contributed by atoms with E-state index in [0.717, 1.165) is 26.2 Å². The second kappa shape index (κ2) is 21.6. The summed E-state index contributed by atoms with van der Waals surface area (Å²) in [7, 11) is 0. The van der Waals surface area contributed by atoms with E-state index in [1.807, 2.05) is 0 Å². The van der Waals surface area contributed by atoms with Crippen LogP contribution in [-0.4, -0.2) is 18.3 Å². The molecule has 0 radical (unpaired) electrons. The lowest BCUT2D eigenvalue weighted by Crippen LogP contribution is -2.32. The van der Waals surface area contributed by atoms with E-state index in [-0.39, 0.29) is 0 Å². The van der Waals surface area contributed by atoms with Crippen molar-refractivity contribution in [1.82, 2.24) is 18.3 Å². The van der Waals surface area contributed by atoms with Crippen LogP contribution in [0.4, 0.5) is 0 Å². The number of rotatable bonds is 16. The van der Waals surface area contributed by atoms with Gasteiger partial charge in [0, 0.05) is 44.5 Å². The molecule has 21 aromatic rings. The summed E-state index contributed by atoms with van der Waals surface area (Å²) in [6, 6.07) is 87.0. The van der Waals surface area contributed by atoms with Gasteiger partial charge in [-0.3, -0.25) is 0 Å². The molecule has 0 bridgehead atoms. The first-order chi connectivity index (χ1) is 48.4. The smallest absolute Gasteiger partial charge is 0.233 e. The van der Waals surface area contributed by atoms with E-state index >= 15 is 0 Å². The third-order valence-corrected chi connectivity index (χ3v) is 21.8. The highest BCUT2D eigenvalue weighted by atomic mass is 15.1. The second-order valence-corrected chi connectivity index (χ2v) is 27.7. The van der Waals surface area contributed by atoms with Crippen molar-refractivity contribution < 1.29 is 18.3 Å². The molecular formula is C90H66N8+4. The Kier molecular flexibility index (Phi) is 12.2. The molecule has 4 heterocycles. The molecule has 0 amide bonds. The Morgan fingerprint density at radius 3 is 0.612 bits per heavy atom. The lowest BCUT2D eigenvalue weighted by Gasteiger charge is -2.14. The fourth-order valence-corrected chi connectivity index (χ4v) is 17.2. The quantitative estimate of drug-likeness (QED) is 0.0683. The maximum absolute atomic E-state index is 2.53. The largest absolute Gasteiger partial charge is 0.244 e. The Bertz CT molecular complexity index is 5850. The minimum absolute atomic E-state index is 0.710. The van der Waals surface area contributed by atoms with Crippen molar-refractivity contribution in [3.05, 3.63) is 350 Å². The zero-order valence-corrected chi connectivity index (χ0v) is 54.1. The third kappa shape index (κ3) is 9.05. The predicted octanol–water partition coefficient (Wildman–Crippen LogP) is 18.0. The van der Waals surface area contributed by atoms with Gasteiger partial charge in [0.05, 0.1) is 0 Å². The highest BCUT2D eigenvalue weighted by molar-refractivity contribution is 6.27. The van der Waals surface area contributed by atoms with Crippen molar-refractivity contribution in [3.63, 3.8) is 0 Å². The van der Waals surface area contributed by atoms with Crippen molar-refractivity contribution >= 4 is 129 Å². The predicted molar refractivity (Wildman–Crippen MR) is 398 cm³/mol. The average Bonchev–Trinajstić information content (AvgIpc) is 0.908. The van der Waals surface area contributed by atoms with Crippen molar-refractivity contribution in [2.75, 3.05) is 0 Å². The zero-order valence-electron chi connectivity index (χ0n) is 54.1. The van der Waals surface area contributed by atoms with Crippen LogP contribution >= 0.6 is 0 Å². The summed E-state index contributed by atoms with van der Waals surface area (Å²) in [6.45, 7) is 5.91. The summed E-state index contributed by atoms with van der Waals surface area (Å²) in [5.41, 5.74) is 10.5. The van der Waals surface area contributed by atoms with Gasteiger partial charge in [-0.2, -0.15) is 0 Å². The van der Waals surface area contributed by atoms with E-state index in [1.54, 1.807) is 0 Å². The molecule has 0 N–H and O–H groups in total. The molecule has 0 aliphatic carbocycles. The summed E-state index contributed by atoms with van der Waals surface area (Å²) in [5, 5.41) is 31.6. The summed E-state index contributed by atoms with van der Waals surface area (Å²) in [5.74, 6) is 0. The zero-order chi connectivity index (χ0) is 64.1. The molecule has 98 heavy (non-hydrogen) atoms. The van der Waals surface area contributed by atoms with Gasteiger partial charge in [0.15, 0.2) is 0 Å². The Labute approximate surface area is 564 Å². The summed E-state index contributed by atoms with van der Waals surface area (Å²) >= 11 is 0. The van der Waals surface area contributed by atoms with Crippen LogP contribution in [0.15, 0.2) is 305 Å². The molecule has 0 saturated carbocycles. The van der Waals surface area contributed by atoms with E-state index < -0.39 is 0 Å². The van der Waals surface area contributed by atoms with Gasteiger partial charge in [-0.15, -0.1) is 0 Å². The molecule has 0 aliphatic rings. The highest BCUT2D eigenvalue weighted by Gasteiger charge is 2.23. The summed E-state index contributed by atoms with van der Waals surface area (Å²) in [6.07, 6.45) is 27.3. The molecule has 0 aliphatic heterocycles. The van der Waals surface area contributed by atoms with Crippen molar-refractivity contribution in [1.29, 1.82) is 0 Å². The van der Waals surface area contributed by atoms with Crippen LogP contribution in [0, 0.1) is 0 Å². The van der Waals surface area contributed by atoms with Crippen LogP contribution in [-0.2, 0) is 52.4 Å². The molecule has 4 aromatic heterocycles. The fourth-order valence-electron chi connectivity index (χ4n) is 17.2. The number of nitrogens with zero attached hydrogens (tertiary/aromatic N) is 8. The number of hydrogen-bond donors (Lipinski definition) is 0. The Morgan fingerprint density at radius 2 is 0.388 bits per heavy atom. The van der Waals surface area contributed by atoms with Crippen LogP contribution in [0.25, 0.3) is 129 Å². The van der Waals surface area contributed by atoms with Gasteiger partial charge in [-0.05, 0) is 141 Å². The third-order valence-electron chi connectivity index (χ3n) is 21.8. The van der Waals surface area contributed by atoms with Gasteiger partial charge >= 0.3 is 0 Å². The fraction of sp³-hybridized carbons (Fsp3) is 0.0889. The monoisotopic (exact) mass is 1260 g/mol. The average molecular weight is 1260 g/mol. The molecule has 0 fully saturated rings. The van der Waals surface area contributed by atoms with Gasteiger partial charge in [0.1, 0.15) is 102 Å². The molecule has 21 rings (SSSR count). The lowest BCUT2D eigenvalue weighted by molar-refractivity contribution is -0.687. The van der Waals surface area contributed by atoms with Gasteiger partial charge in [0.2, 0.25) is 25.3 Å². The maximum atomic E-state index is 2.53. The lowest BCUT2D eigenvalue weighted by atomic mass is 9.92. The number of hydrogen-bond acceptors (Lipinski definition) is 0. The van der Waals surface area contributed by atoms with Crippen LogP contribution in [0.2, 0.25) is 0 Å². The first-order valence-corrected chi connectivity index (χ1v) is 34.4. The standard InChI is InChI=1S/C90H66N8/c1-5-59-13-17-67-21-25-71(79-33-29-63(9-1)83(59)87(67)79)47-91-37-41-95(55-91)51-75-45-77(53-97-43-39-93(57-97)49-73-27-23-69-19-15-61-7-3-11-65-31-35-81(73)89(69)85(61)65)78(54-98-44-40-94(58-98)50-74-28-24-70-20-16-62-8-4-12-66-32-36-82(74)90(70)86(62)66)46-76(75)52-96-42-38-92(56-96)48-72-26-22-68-18-14-60-6-2-10-64-30-34-80(72)88(68)84(60)64/h1-46,55-58H,47-54H2/q+4. The molecule has 0 atom stereocenters. The molecule has 8 nitrogen and oxygen atoms in total. The first kappa shape index (κ1) is 55.1. The van der Waals surface area contributed by atoms with Gasteiger partial charge < -0.3 is 0 Å². The molecule has 0 spiro atoms.